The minimum atomic E-state index is -0.457. The van der Waals surface area contributed by atoms with Crippen LogP contribution in [0.5, 0.6) is 0 Å². The Morgan fingerprint density at radius 1 is 1.06 bits per heavy atom. The molecule has 2 N–H and O–H groups in total. The number of rotatable bonds is 8. The van der Waals surface area contributed by atoms with E-state index in [9.17, 15) is 9.59 Å². The number of ether oxygens (including phenoxy) is 1. The second kappa shape index (κ2) is 10.3. The summed E-state index contributed by atoms with van der Waals surface area (Å²) in [5.74, 6) is -0.706. The molecule has 0 fully saturated rings. The van der Waals surface area contributed by atoms with Gasteiger partial charge < -0.3 is 15.4 Å². The van der Waals surface area contributed by atoms with E-state index in [2.05, 4.69) is 46.5 Å². The van der Waals surface area contributed by atoms with Crippen LogP contribution in [0.4, 0.5) is 11.4 Å². The van der Waals surface area contributed by atoms with Crippen molar-refractivity contribution in [3.63, 3.8) is 0 Å². The summed E-state index contributed by atoms with van der Waals surface area (Å²) in [5, 5.41) is 6.33. The van der Waals surface area contributed by atoms with Crippen molar-refractivity contribution in [1.29, 1.82) is 0 Å². The predicted octanol–water partition coefficient (Wildman–Crippen LogP) is 4.64. The number of anilines is 2. The summed E-state index contributed by atoms with van der Waals surface area (Å²) in [7, 11) is 1.34. The normalized spacial score (nSPS) is 13.9. The van der Waals surface area contributed by atoms with Crippen LogP contribution in [0.1, 0.15) is 40.9 Å². The molecule has 1 aromatic heterocycles. The van der Waals surface area contributed by atoms with E-state index in [1.807, 2.05) is 24.3 Å². The molecule has 0 unspecified atom stereocenters. The maximum Gasteiger partial charge on any atom is 0.337 e. The standard InChI is InChI=1S/C27H28N4O3/c1-4-31(5-2)17-18-8-11-21(12-9-18)29-25(20-7-6-14-28-16-20)24-22-15-19(27(33)34-3)10-13-23(22)30-26(24)32/h6-16,29H,4-5,17H2,1-3H3,(H,30,32)/b25-24-. The van der Waals surface area contributed by atoms with Crippen molar-refractivity contribution in [2.75, 3.05) is 30.8 Å². The van der Waals surface area contributed by atoms with Crippen LogP contribution >= 0.6 is 0 Å². The second-order valence-corrected chi connectivity index (χ2v) is 7.98. The molecule has 0 spiro atoms. The third-order valence-corrected chi connectivity index (χ3v) is 5.91. The number of benzene rings is 2. The van der Waals surface area contributed by atoms with Gasteiger partial charge in [0.1, 0.15) is 0 Å². The summed E-state index contributed by atoms with van der Waals surface area (Å²) in [4.78, 5) is 31.8. The first-order valence-electron chi connectivity index (χ1n) is 11.3. The molecule has 0 radical (unpaired) electrons. The summed E-state index contributed by atoms with van der Waals surface area (Å²) in [6, 6.07) is 16.9. The molecule has 1 aliphatic heterocycles. The molecular weight excluding hydrogens is 428 g/mol. The van der Waals surface area contributed by atoms with Crippen LogP contribution in [0.15, 0.2) is 67.0 Å². The van der Waals surface area contributed by atoms with Crippen molar-refractivity contribution in [1.82, 2.24) is 9.88 Å². The molecule has 0 saturated heterocycles. The molecule has 174 valence electrons. The Bertz CT molecular complexity index is 1220. The van der Waals surface area contributed by atoms with Gasteiger partial charge in [0.05, 0.1) is 23.9 Å². The number of methoxy groups -OCH3 is 1. The zero-order valence-electron chi connectivity index (χ0n) is 19.6. The number of aromatic nitrogens is 1. The highest BCUT2D eigenvalue weighted by atomic mass is 16.5. The van der Waals surface area contributed by atoms with E-state index < -0.39 is 5.97 Å². The van der Waals surface area contributed by atoms with E-state index in [4.69, 9.17) is 4.74 Å². The Morgan fingerprint density at radius 2 is 1.82 bits per heavy atom. The number of pyridine rings is 1. The quantitative estimate of drug-likeness (QED) is 0.379. The minimum Gasteiger partial charge on any atom is -0.465 e. The summed E-state index contributed by atoms with van der Waals surface area (Å²) in [6.45, 7) is 7.19. The molecule has 0 aliphatic carbocycles. The topological polar surface area (TPSA) is 83.6 Å². The van der Waals surface area contributed by atoms with Crippen LogP contribution in [0.25, 0.3) is 11.3 Å². The third kappa shape index (κ3) is 4.84. The molecule has 34 heavy (non-hydrogen) atoms. The van der Waals surface area contributed by atoms with E-state index in [0.29, 0.717) is 28.1 Å². The highest BCUT2D eigenvalue weighted by Gasteiger charge is 2.29. The lowest BCUT2D eigenvalue weighted by Crippen LogP contribution is -2.22. The Hall–Kier alpha value is -3.97. The van der Waals surface area contributed by atoms with E-state index in [-0.39, 0.29) is 5.91 Å². The molecule has 1 aliphatic rings. The summed E-state index contributed by atoms with van der Waals surface area (Å²) in [6.07, 6.45) is 3.39. The summed E-state index contributed by atoms with van der Waals surface area (Å²) >= 11 is 0. The lowest BCUT2D eigenvalue weighted by Gasteiger charge is -2.19. The monoisotopic (exact) mass is 456 g/mol. The molecule has 0 atom stereocenters. The van der Waals surface area contributed by atoms with Gasteiger partial charge in [0.25, 0.3) is 5.91 Å². The van der Waals surface area contributed by atoms with Crippen molar-refractivity contribution in [2.24, 2.45) is 0 Å². The zero-order valence-corrected chi connectivity index (χ0v) is 19.6. The van der Waals surface area contributed by atoms with Crippen LogP contribution in [0, 0.1) is 0 Å². The van der Waals surface area contributed by atoms with Gasteiger partial charge >= 0.3 is 5.97 Å². The molecule has 2 aromatic carbocycles. The number of hydrogen-bond acceptors (Lipinski definition) is 6. The maximum absolute atomic E-state index is 13.1. The Labute approximate surface area is 199 Å². The fraction of sp³-hybridized carbons (Fsp3) is 0.222. The number of nitrogens with one attached hydrogen (secondary N) is 2. The number of fused-ring (bicyclic) bond motifs is 1. The smallest absolute Gasteiger partial charge is 0.337 e. The lowest BCUT2D eigenvalue weighted by molar-refractivity contribution is -0.110. The number of nitrogens with zero attached hydrogens (tertiary/aromatic N) is 2. The molecule has 7 nitrogen and oxygen atoms in total. The zero-order chi connectivity index (χ0) is 24.1. The van der Waals surface area contributed by atoms with Gasteiger partial charge in [0.2, 0.25) is 0 Å². The minimum absolute atomic E-state index is 0.249. The van der Waals surface area contributed by atoms with Crippen molar-refractivity contribution in [2.45, 2.75) is 20.4 Å². The second-order valence-electron chi connectivity index (χ2n) is 7.98. The summed E-state index contributed by atoms with van der Waals surface area (Å²) in [5.41, 5.74) is 5.54. The first-order chi connectivity index (χ1) is 16.5. The third-order valence-electron chi connectivity index (χ3n) is 5.91. The number of hydrogen-bond donors (Lipinski definition) is 2. The molecule has 0 saturated carbocycles. The molecule has 0 bridgehead atoms. The molecule has 7 heteroatoms. The number of esters is 1. The fourth-order valence-electron chi connectivity index (χ4n) is 3.99. The molecular formula is C27H28N4O3. The van der Waals surface area contributed by atoms with E-state index in [1.54, 1.807) is 30.6 Å². The SMILES string of the molecule is CCN(CC)Cc1ccc(N/C(=C2\C(=O)Nc3ccc(C(=O)OC)cc32)c2cccnc2)cc1. The van der Waals surface area contributed by atoms with Crippen molar-refractivity contribution >= 4 is 34.5 Å². The maximum atomic E-state index is 13.1. The van der Waals surface area contributed by atoms with Crippen LogP contribution in [-0.4, -0.2) is 42.0 Å². The summed E-state index contributed by atoms with van der Waals surface area (Å²) < 4.78 is 4.86. The van der Waals surface area contributed by atoms with Gasteiger partial charge in [-0.1, -0.05) is 26.0 Å². The van der Waals surface area contributed by atoms with Crippen LogP contribution in [0.3, 0.4) is 0 Å². The van der Waals surface area contributed by atoms with E-state index in [0.717, 1.165) is 30.9 Å². The number of amides is 1. The number of carbonyl (C=O) groups excluding carboxylic acids is 2. The van der Waals surface area contributed by atoms with E-state index in [1.165, 1.54) is 12.7 Å². The van der Waals surface area contributed by atoms with Gasteiger partial charge in [-0.05, 0) is 61.1 Å². The highest BCUT2D eigenvalue weighted by molar-refractivity contribution is 6.37. The first-order valence-corrected chi connectivity index (χ1v) is 11.3. The van der Waals surface area contributed by atoms with Crippen LogP contribution in [-0.2, 0) is 16.1 Å². The average Bonchev–Trinajstić information content (AvgIpc) is 3.21. The van der Waals surface area contributed by atoms with Gasteiger partial charge in [-0.3, -0.25) is 14.7 Å². The van der Waals surface area contributed by atoms with Crippen LogP contribution < -0.4 is 10.6 Å². The molecule has 4 rings (SSSR count). The van der Waals surface area contributed by atoms with Crippen molar-refractivity contribution < 1.29 is 14.3 Å². The first kappa shape index (κ1) is 23.2. The Morgan fingerprint density at radius 3 is 2.47 bits per heavy atom. The van der Waals surface area contributed by atoms with E-state index >= 15 is 0 Å². The fourth-order valence-corrected chi connectivity index (χ4v) is 3.99. The van der Waals surface area contributed by atoms with Gasteiger partial charge in [-0.15, -0.1) is 0 Å². The molecule has 3 aromatic rings. The average molecular weight is 457 g/mol. The van der Waals surface area contributed by atoms with Gasteiger partial charge in [-0.25, -0.2) is 4.79 Å². The Kier molecular flexibility index (Phi) is 7.04. The molecule has 2 heterocycles. The van der Waals surface area contributed by atoms with Gasteiger partial charge in [0, 0.05) is 41.4 Å². The lowest BCUT2D eigenvalue weighted by atomic mass is 9.99. The van der Waals surface area contributed by atoms with Crippen LogP contribution in [0.2, 0.25) is 0 Å². The van der Waals surface area contributed by atoms with Gasteiger partial charge in [0.15, 0.2) is 0 Å². The largest absolute Gasteiger partial charge is 0.465 e. The molecule has 1 amide bonds. The van der Waals surface area contributed by atoms with Crippen molar-refractivity contribution in [3.8, 4) is 0 Å². The number of carbonyl (C=O) groups is 2. The highest BCUT2D eigenvalue weighted by Crippen LogP contribution is 2.38. The predicted molar refractivity (Wildman–Crippen MR) is 134 cm³/mol. The Balaban J connectivity index is 1.76. The van der Waals surface area contributed by atoms with Gasteiger partial charge in [-0.2, -0.15) is 0 Å². The van der Waals surface area contributed by atoms with Crippen molar-refractivity contribution in [3.05, 3.63) is 89.2 Å².